The molecule has 0 atom stereocenters. The minimum atomic E-state index is -0.509. The van der Waals surface area contributed by atoms with E-state index in [-0.39, 0.29) is 30.0 Å². The number of hydrogen-bond donors (Lipinski definition) is 1. The van der Waals surface area contributed by atoms with Gasteiger partial charge in [-0.25, -0.2) is 4.79 Å². The lowest BCUT2D eigenvalue weighted by Gasteiger charge is -2.44. The van der Waals surface area contributed by atoms with Crippen LogP contribution >= 0.6 is 0 Å². The van der Waals surface area contributed by atoms with Crippen molar-refractivity contribution in [3.8, 4) is 0 Å². The Balaban J connectivity index is 1.81. The summed E-state index contributed by atoms with van der Waals surface area (Å²) in [6.07, 6.45) is 2.57. The standard InChI is InChI=1S/C22H34BNO4/c1-15-14-16(23-27-20(5,6)21(7,8)28-23)10-11-17(15)22(12-9-13-22)24-18(25)26-19(2,3)4/h10-11,14H,9,12-13H2,1-8H3,(H,24,25). The molecule has 0 unspecified atom stereocenters. The highest BCUT2D eigenvalue weighted by molar-refractivity contribution is 6.62. The fourth-order valence-electron chi connectivity index (χ4n) is 3.84. The van der Waals surface area contributed by atoms with Crippen molar-refractivity contribution in [3.05, 3.63) is 29.3 Å². The molecule has 1 N–H and O–H groups in total. The number of alkyl carbamates (subject to hydrolysis) is 1. The number of hydrogen-bond acceptors (Lipinski definition) is 4. The zero-order valence-electron chi connectivity index (χ0n) is 18.6. The molecule has 1 heterocycles. The van der Waals surface area contributed by atoms with Gasteiger partial charge in [-0.1, -0.05) is 18.2 Å². The Morgan fingerprint density at radius 1 is 1.11 bits per heavy atom. The Labute approximate surface area is 169 Å². The average molecular weight is 387 g/mol. The van der Waals surface area contributed by atoms with Crippen molar-refractivity contribution >= 4 is 18.7 Å². The van der Waals surface area contributed by atoms with Gasteiger partial charge < -0.3 is 19.4 Å². The van der Waals surface area contributed by atoms with Crippen LogP contribution in [0.25, 0.3) is 0 Å². The number of ether oxygens (including phenoxy) is 1. The van der Waals surface area contributed by atoms with Crippen molar-refractivity contribution in [2.75, 3.05) is 0 Å². The molecule has 1 aliphatic carbocycles. The van der Waals surface area contributed by atoms with Gasteiger partial charge in [-0.3, -0.25) is 0 Å². The van der Waals surface area contributed by atoms with Crippen LogP contribution in [0.15, 0.2) is 18.2 Å². The summed E-state index contributed by atoms with van der Waals surface area (Å²) < 4.78 is 17.8. The van der Waals surface area contributed by atoms with Crippen LogP contribution in [0.5, 0.6) is 0 Å². The number of aryl methyl sites for hydroxylation is 1. The minimum absolute atomic E-state index is 0.346. The Bertz CT molecular complexity index is 746. The second-order valence-electron chi connectivity index (χ2n) is 10.2. The van der Waals surface area contributed by atoms with Gasteiger partial charge in [0.1, 0.15) is 5.60 Å². The van der Waals surface area contributed by atoms with E-state index in [0.717, 1.165) is 35.9 Å². The van der Waals surface area contributed by atoms with Crippen LogP contribution in [0.2, 0.25) is 0 Å². The van der Waals surface area contributed by atoms with Gasteiger partial charge in [-0.05, 0) is 91.2 Å². The summed E-state index contributed by atoms with van der Waals surface area (Å²) in [5.74, 6) is 0. The molecule has 0 aromatic heterocycles. The third-order valence-corrected chi connectivity index (χ3v) is 6.24. The molecule has 2 fully saturated rings. The van der Waals surface area contributed by atoms with E-state index < -0.39 is 5.60 Å². The van der Waals surface area contributed by atoms with Gasteiger partial charge in [-0.2, -0.15) is 0 Å². The third kappa shape index (κ3) is 3.94. The van der Waals surface area contributed by atoms with E-state index >= 15 is 0 Å². The Morgan fingerprint density at radius 3 is 2.11 bits per heavy atom. The molecular weight excluding hydrogens is 353 g/mol. The Morgan fingerprint density at radius 2 is 1.68 bits per heavy atom. The van der Waals surface area contributed by atoms with Crippen molar-refractivity contribution in [1.82, 2.24) is 5.32 Å². The SMILES string of the molecule is Cc1cc(B2OC(C)(C)C(C)(C)O2)ccc1C1(NC(=O)OC(C)(C)C)CCC1. The molecule has 0 bridgehead atoms. The lowest BCUT2D eigenvalue weighted by Crippen LogP contribution is -2.52. The number of amides is 1. The smallest absolute Gasteiger partial charge is 0.444 e. The van der Waals surface area contributed by atoms with Gasteiger partial charge >= 0.3 is 13.2 Å². The molecule has 154 valence electrons. The molecule has 0 spiro atoms. The summed E-state index contributed by atoms with van der Waals surface area (Å²) in [4.78, 5) is 12.4. The van der Waals surface area contributed by atoms with Crippen molar-refractivity contribution in [1.29, 1.82) is 0 Å². The van der Waals surface area contributed by atoms with Crippen LogP contribution in [-0.4, -0.2) is 30.0 Å². The normalized spacial score (nSPS) is 22.5. The molecule has 1 saturated heterocycles. The van der Waals surface area contributed by atoms with Crippen molar-refractivity contribution in [2.24, 2.45) is 0 Å². The molecule has 1 aliphatic heterocycles. The summed E-state index contributed by atoms with van der Waals surface area (Å²) >= 11 is 0. The maximum atomic E-state index is 12.4. The van der Waals surface area contributed by atoms with Crippen molar-refractivity contribution in [2.45, 2.75) is 97.0 Å². The summed E-state index contributed by atoms with van der Waals surface area (Å²) in [6.45, 7) is 16.0. The summed E-state index contributed by atoms with van der Waals surface area (Å²) in [5.41, 5.74) is 1.69. The molecule has 3 rings (SSSR count). The fourth-order valence-corrected chi connectivity index (χ4v) is 3.84. The second-order valence-corrected chi connectivity index (χ2v) is 10.2. The lowest BCUT2D eigenvalue weighted by molar-refractivity contribution is 0.00578. The van der Waals surface area contributed by atoms with Crippen LogP contribution in [-0.2, 0) is 19.6 Å². The summed E-state index contributed by atoms with van der Waals surface area (Å²) in [7, 11) is -0.381. The lowest BCUT2D eigenvalue weighted by atomic mass is 9.68. The highest BCUT2D eigenvalue weighted by Gasteiger charge is 2.52. The fraction of sp³-hybridized carbons (Fsp3) is 0.682. The van der Waals surface area contributed by atoms with E-state index in [1.165, 1.54) is 0 Å². The van der Waals surface area contributed by atoms with Crippen LogP contribution in [0.4, 0.5) is 4.79 Å². The number of carbonyl (C=O) groups excluding carboxylic acids is 1. The van der Waals surface area contributed by atoms with E-state index in [1.807, 2.05) is 20.8 Å². The largest absolute Gasteiger partial charge is 0.494 e. The molecule has 2 aliphatic rings. The molecule has 6 heteroatoms. The van der Waals surface area contributed by atoms with E-state index in [9.17, 15) is 4.79 Å². The zero-order valence-corrected chi connectivity index (χ0v) is 18.6. The maximum absolute atomic E-state index is 12.4. The second kappa shape index (κ2) is 6.77. The molecule has 1 saturated carbocycles. The van der Waals surface area contributed by atoms with Gasteiger partial charge in [0.15, 0.2) is 0 Å². The minimum Gasteiger partial charge on any atom is -0.444 e. The first-order valence-electron chi connectivity index (χ1n) is 10.2. The highest BCUT2D eigenvalue weighted by Crippen LogP contribution is 2.43. The predicted molar refractivity (Wildman–Crippen MR) is 112 cm³/mol. The molecule has 5 nitrogen and oxygen atoms in total. The van der Waals surface area contributed by atoms with Gasteiger partial charge in [0, 0.05) is 0 Å². The molecule has 1 aromatic rings. The summed E-state index contributed by atoms with van der Waals surface area (Å²) in [5, 5.41) is 3.14. The predicted octanol–water partition coefficient (Wildman–Crippen LogP) is 4.20. The monoisotopic (exact) mass is 387 g/mol. The molecule has 1 aromatic carbocycles. The van der Waals surface area contributed by atoms with Gasteiger partial charge in [-0.15, -0.1) is 0 Å². The number of nitrogens with one attached hydrogen (secondary N) is 1. The van der Waals surface area contributed by atoms with Crippen molar-refractivity contribution in [3.63, 3.8) is 0 Å². The van der Waals surface area contributed by atoms with Crippen LogP contribution in [0.1, 0.15) is 78.9 Å². The molecule has 28 heavy (non-hydrogen) atoms. The zero-order chi connectivity index (χ0) is 21.0. The number of carbonyl (C=O) groups is 1. The van der Waals surface area contributed by atoms with Gasteiger partial charge in [0.2, 0.25) is 0 Å². The molecule has 0 radical (unpaired) electrons. The van der Waals surface area contributed by atoms with Crippen LogP contribution in [0, 0.1) is 6.92 Å². The molecular formula is C22H34BNO4. The van der Waals surface area contributed by atoms with Crippen LogP contribution < -0.4 is 10.8 Å². The van der Waals surface area contributed by atoms with Crippen molar-refractivity contribution < 1.29 is 18.8 Å². The van der Waals surface area contributed by atoms with E-state index in [1.54, 1.807) is 0 Å². The van der Waals surface area contributed by atoms with E-state index in [4.69, 9.17) is 14.0 Å². The number of rotatable bonds is 3. The average Bonchev–Trinajstić information content (AvgIpc) is 2.70. The highest BCUT2D eigenvalue weighted by atomic mass is 16.7. The number of benzene rings is 1. The quantitative estimate of drug-likeness (QED) is 0.790. The van der Waals surface area contributed by atoms with Crippen LogP contribution in [0.3, 0.4) is 0 Å². The van der Waals surface area contributed by atoms with Gasteiger partial charge in [0.25, 0.3) is 0 Å². The molecule has 1 amide bonds. The Hall–Kier alpha value is -1.53. The van der Waals surface area contributed by atoms with Gasteiger partial charge in [0.05, 0.1) is 16.7 Å². The third-order valence-electron chi connectivity index (χ3n) is 6.24. The van der Waals surface area contributed by atoms with E-state index in [0.29, 0.717) is 0 Å². The topological polar surface area (TPSA) is 56.8 Å². The first kappa shape index (κ1) is 21.2. The summed E-state index contributed by atoms with van der Waals surface area (Å²) in [6, 6.07) is 6.28. The first-order valence-corrected chi connectivity index (χ1v) is 10.2. The maximum Gasteiger partial charge on any atom is 0.494 e. The Kier molecular flexibility index (Phi) is 5.12. The van der Waals surface area contributed by atoms with E-state index in [2.05, 4.69) is 58.1 Å². The first-order chi connectivity index (χ1) is 12.7.